The van der Waals surface area contributed by atoms with Crippen LogP contribution in [0.4, 0.5) is 0 Å². The molecule has 2 rings (SSSR count). The van der Waals surface area contributed by atoms with Crippen molar-refractivity contribution in [3.63, 3.8) is 0 Å². The number of hydrogen-bond acceptors (Lipinski definition) is 3. The molecule has 1 aromatic rings. The lowest BCUT2D eigenvalue weighted by molar-refractivity contribution is 0.312. The molecule has 0 spiro atoms. The minimum atomic E-state index is -3.44. The van der Waals surface area contributed by atoms with Gasteiger partial charge in [0.2, 0.25) is 0 Å². The van der Waals surface area contributed by atoms with E-state index in [9.17, 15) is 8.42 Å². The monoisotopic (exact) mass is 243 g/mol. The van der Waals surface area contributed by atoms with Crippen molar-refractivity contribution in [2.75, 3.05) is 0 Å². The lowest BCUT2D eigenvalue weighted by Gasteiger charge is -2.27. The topological polar surface area (TPSA) is 74.8 Å². The van der Waals surface area contributed by atoms with Gasteiger partial charge >= 0.3 is 0 Å². The molecule has 1 saturated carbocycles. The van der Waals surface area contributed by atoms with Crippen molar-refractivity contribution < 1.29 is 8.42 Å². The van der Waals surface area contributed by atoms with Crippen LogP contribution >= 0.6 is 0 Å². The summed E-state index contributed by atoms with van der Waals surface area (Å²) in [4.78, 5) is 6.34. The lowest BCUT2D eigenvalue weighted by Crippen LogP contribution is -2.41. The Morgan fingerprint density at radius 3 is 2.81 bits per heavy atom. The maximum Gasteiger partial charge on any atom is 0.257 e. The van der Waals surface area contributed by atoms with Gasteiger partial charge in [-0.2, -0.15) is 0 Å². The van der Waals surface area contributed by atoms with E-state index in [-0.39, 0.29) is 16.5 Å². The average molecular weight is 243 g/mol. The Hall–Kier alpha value is -0.880. The van der Waals surface area contributed by atoms with Gasteiger partial charge in [0.25, 0.3) is 10.0 Å². The van der Waals surface area contributed by atoms with Crippen LogP contribution < -0.4 is 4.72 Å². The first-order valence-corrected chi connectivity index (χ1v) is 6.91. The molecule has 0 bridgehead atoms. The summed E-state index contributed by atoms with van der Waals surface area (Å²) < 4.78 is 26.7. The van der Waals surface area contributed by atoms with Gasteiger partial charge in [0, 0.05) is 6.04 Å². The summed E-state index contributed by atoms with van der Waals surface area (Å²) in [5, 5.41) is 0.134. The second kappa shape index (κ2) is 3.85. The predicted octanol–water partition coefficient (Wildman–Crippen LogP) is 1.27. The first-order valence-electron chi connectivity index (χ1n) is 5.42. The van der Waals surface area contributed by atoms with Crippen LogP contribution in [0.2, 0.25) is 0 Å². The maximum absolute atomic E-state index is 12.0. The first-order chi connectivity index (χ1) is 7.42. The van der Waals surface area contributed by atoms with Crippen LogP contribution in [0.15, 0.2) is 17.6 Å². The van der Waals surface area contributed by atoms with Crippen molar-refractivity contribution in [3.8, 4) is 0 Å². The van der Waals surface area contributed by atoms with Crippen LogP contribution in [-0.4, -0.2) is 24.4 Å². The van der Waals surface area contributed by atoms with Gasteiger partial charge < -0.3 is 4.98 Å². The van der Waals surface area contributed by atoms with Crippen molar-refractivity contribution in [2.24, 2.45) is 5.41 Å². The van der Waals surface area contributed by atoms with Gasteiger partial charge in [-0.1, -0.05) is 20.3 Å². The van der Waals surface area contributed by atoms with Crippen molar-refractivity contribution in [1.29, 1.82) is 0 Å². The predicted molar refractivity (Wildman–Crippen MR) is 60.3 cm³/mol. The molecule has 1 heterocycles. The number of aromatic amines is 1. The Morgan fingerprint density at radius 1 is 1.56 bits per heavy atom. The van der Waals surface area contributed by atoms with E-state index in [4.69, 9.17) is 0 Å². The molecule has 0 radical (unpaired) electrons. The third-order valence-corrected chi connectivity index (χ3v) is 4.71. The number of H-pyrrole nitrogens is 1. The second-order valence-electron chi connectivity index (χ2n) is 4.97. The highest BCUT2D eigenvalue weighted by molar-refractivity contribution is 7.89. The molecule has 0 aromatic carbocycles. The summed E-state index contributed by atoms with van der Waals surface area (Å²) in [5.41, 5.74) is 0.0348. The molecule has 16 heavy (non-hydrogen) atoms. The molecule has 1 aromatic heterocycles. The molecule has 1 atom stereocenters. The van der Waals surface area contributed by atoms with E-state index < -0.39 is 10.0 Å². The van der Waals surface area contributed by atoms with E-state index >= 15 is 0 Å². The van der Waals surface area contributed by atoms with E-state index in [1.165, 1.54) is 12.5 Å². The van der Waals surface area contributed by atoms with E-state index in [0.29, 0.717) is 0 Å². The third-order valence-electron chi connectivity index (χ3n) is 3.32. The zero-order valence-corrected chi connectivity index (χ0v) is 10.3. The summed E-state index contributed by atoms with van der Waals surface area (Å²) in [6.45, 7) is 4.19. The molecule has 1 fully saturated rings. The number of nitrogens with one attached hydrogen (secondary N) is 2. The molecule has 0 aliphatic heterocycles. The smallest absolute Gasteiger partial charge is 0.257 e. The van der Waals surface area contributed by atoms with Crippen molar-refractivity contribution in [1.82, 2.24) is 14.7 Å². The summed E-state index contributed by atoms with van der Waals surface area (Å²) >= 11 is 0. The van der Waals surface area contributed by atoms with Gasteiger partial charge in [-0.15, -0.1) is 0 Å². The van der Waals surface area contributed by atoms with E-state index in [0.717, 1.165) is 19.3 Å². The number of rotatable bonds is 3. The van der Waals surface area contributed by atoms with Gasteiger partial charge in [-0.25, -0.2) is 18.1 Å². The molecule has 1 aliphatic carbocycles. The number of nitrogens with zero attached hydrogens (tertiary/aromatic N) is 1. The van der Waals surface area contributed by atoms with Crippen LogP contribution in [0.25, 0.3) is 0 Å². The Morgan fingerprint density at radius 2 is 2.31 bits per heavy atom. The minimum absolute atomic E-state index is 0.0146. The quantitative estimate of drug-likeness (QED) is 0.839. The highest BCUT2D eigenvalue weighted by Gasteiger charge is 2.37. The normalized spacial score (nSPS) is 24.8. The summed E-state index contributed by atoms with van der Waals surface area (Å²) in [5.74, 6) is 0. The molecule has 0 amide bonds. The highest BCUT2D eigenvalue weighted by atomic mass is 32.2. The van der Waals surface area contributed by atoms with Crippen LogP contribution in [0, 0.1) is 5.41 Å². The fraction of sp³-hybridized carbons (Fsp3) is 0.700. The molecule has 90 valence electrons. The average Bonchev–Trinajstić information content (AvgIpc) is 2.76. The van der Waals surface area contributed by atoms with Crippen LogP contribution in [0.5, 0.6) is 0 Å². The number of sulfonamides is 1. The Bertz CT molecular complexity index is 450. The summed E-state index contributed by atoms with van der Waals surface area (Å²) in [7, 11) is -3.44. The first kappa shape index (κ1) is 11.6. The van der Waals surface area contributed by atoms with E-state index in [1.54, 1.807) is 0 Å². The fourth-order valence-electron chi connectivity index (χ4n) is 2.19. The molecular formula is C10H17N3O2S. The lowest BCUT2D eigenvalue weighted by atomic mass is 9.88. The zero-order valence-electron chi connectivity index (χ0n) is 9.53. The molecule has 1 aliphatic rings. The van der Waals surface area contributed by atoms with Gasteiger partial charge in [0.1, 0.15) is 0 Å². The number of aromatic nitrogens is 2. The number of hydrogen-bond donors (Lipinski definition) is 2. The largest absolute Gasteiger partial charge is 0.335 e. The Balaban J connectivity index is 2.16. The minimum Gasteiger partial charge on any atom is -0.335 e. The van der Waals surface area contributed by atoms with Crippen LogP contribution in [0.1, 0.15) is 33.1 Å². The van der Waals surface area contributed by atoms with Gasteiger partial charge in [0.15, 0.2) is 5.03 Å². The van der Waals surface area contributed by atoms with E-state index in [2.05, 4.69) is 28.5 Å². The van der Waals surface area contributed by atoms with Crippen molar-refractivity contribution in [2.45, 2.75) is 44.2 Å². The van der Waals surface area contributed by atoms with E-state index in [1.807, 2.05) is 0 Å². The van der Waals surface area contributed by atoms with Crippen LogP contribution in [-0.2, 0) is 10.0 Å². The van der Waals surface area contributed by atoms with Crippen molar-refractivity contribution in [3.05, 3.63) is 12.5 Å². The zero-order chi connectivity index (χ0) is 11.8. The Labute approximate surface area is 95.7 Å². The summed E-state index contributed by atoms with van der Waals surface area (Å²) in [6, 6.07) is 0.0146. The fourth-order valence-corrected chi connectivity index (χ4v) is 3.53. The molecule has 2 N–H and O–H groups in total. The third kappa shape index (κ3) is 2.12. The van der Waals surface area contributed by atoms with Gasteiger partial charge in [0.05, 0.1) is 12.5 Å². The molecule has 1 unspecified atom stereocenters. The SMILES string of the molecule is CC1(C)CCCC1NS(=O)(=O)c1cnc[nH]1. The molecule has 0 saturated heterocycles. The molecule has 6 heteroatoms. The standard InChI is InChI=1S/C10H17N3O2S/c1-10(2)5-3-4-8(10)13-16(14,15)9-6-11-7-12-9/h6-8,13H,3-5H2,1-2H3,(H,11,12). The summed E-state index contributed by atoms with van der Waals surface area (Å²) in [6.07, 6.45) is 5.73. The molecular weight excluding hydrogens is 226 g/mol. The maximum atomic E-state index is 12.0. The highest BCUT2D eigenvalue weighted by Crippen LogP contribution is 2.37. The van der Waals surface area contributed by atoms with Crippen molar-refractivity contribution >= 4 is 10.0 Å². The van der Waals surface area contributed by atoms with Crippen LogP contribution in [0.3, 0.4) is 0 Å². The Kier molecular flexibility index (Phi) is 2.79. The van der Waals surface area contributed by atoms with Gasteiger partial charge in [-0.05, 0) is 18.3 Å². The number of imidazole rings is 1. The molecule has 5 nitrogen and oxygen atoms in total. The van der Waals surface area contributed by atoms with Gasteiger partial charge in [-0.3, -0.25) is 0 Å². The second-order valence-corrected chi connectivity index (χ2v) is 6.65.